The number of alkyl halides is 1. The highest BCUT2D eigenvalue weighted by atomic mass is 19.1. The summed E-state index contributed by atoms with van der Waals surface area (Å²) in [6.45, 7) is 11.7. The molecule has 2 aromatic heterocycles. The topological polar surface area (TPSA) is 104 Å². The predicted molar refractivity (Wildman–Crippen MR) is 178 cm³/mol. The van der Waals surface area contributed by atoms with Crippen LogP contribution in [0.25, 0.3) is 16.6 Å². The molecular formula is C36H44F2N6O2. The van der Waals surface area contributed by atoms with E-state index in [0.29, 0.717) is 49.6 Å². The highest BCUT2D eigenvalue weighted by Gasteiger charge is 2.38. The molecule has 1 aliphatic heterocycles. The van der Waals surface area contributed by atoms with Gasteiger partial charge in [0.25, 0.3) is 5.91 Å². The van der Waals surface area contributed by atoms with Gasteiger partial charge in [-0.1, -0.05) is 26.5 Å². The summed E-state index contributed by atoms with van der Waals surface area (Å²) < 4.78 is 30.9. The fourth-order valence-corrected chi connectivity index (χ4v) is 6.21. The highest BCUT2D eigenvalue weighted by molar-refractivity contribution is 5.98. The normalized spacial score (nSPS) is 21.0. The molecule has 10 heteroatoms. The molecule has 0 radical (unpaired) electrons. The largest absolute Gasteiger partial charge is 0.390 e. The van der Waals surface area contributed by atoms with Gasteiger partial charge in [-0.25, -0.2) is 13.8 Å². The van der Waals surface area contributed by atoms with Crippen molar-refractivity contribution in [3.8, 4) is 0 Å². The maximum absolute atomic E-state index is 15.5. The number of amides is 1. The summed E-state index contributed by atoms with van der Waals surface area (Å²) in [6, 6.07) is 6.18. The molecule has 8 nitrogen and oxygen atoms in total. The van der Waals surface area contributed by atoms with Crippen LogP contribution in [0.3, 0.4) is 0 Å². The first-order chi connectivity index (χ1) is 22.0. The van der Waals surface area contributed by atoms with Gasteiger partial charge >= 0.3 is 0 Å². The highest BCUT2D eigenvalue weighted by Crippen LogP contribution is 2.38. The van der Waals surface area contributed by atoms with Crippen LogP contribution in [0.15, 0.2) is 60.4 Å². The summed E-state index contributed by atoms with van der Waals surface area (Å²) in [7, 11) is 0. The van der Waals surface area contributed by atoms with Gasteiger partial charge < -0.3 is 15.3 Å². The molecule has 1 fully saturated rings. The molecule has 1 saturated heterocycles. The van der Waals surface area contributed by atoms with Crippen molar-refractivity contribution < 1.29 is 18.7 Å². The first-order valence-corrected chi connectivity index (χ1v) is 16.2. The van der Waals surface area contributed by atoms with Gasteiger partial charge in [-0.05, 0) is 80.9 Å². The molecule has 1 aliphatic carbocycles. The smallest absolute Gasteiger partial charge is 0.251 e. The minimum atomic E-state index is -1.33. The van der Waals surface area contributed by atoms with Crippen LogP contribution in [0.5, 0.6) is 0 Å². The maximum Gasteiger partial charge on any atom is 0.251 e. The standard InChI is InChI=1S/C36H44F2N6O2/c1-5-6-31(25-8-15-40-41-23-25)39-14-9-29(10-16-44-17-12-35(4,46)13-18-44)42-34(45)27-19-26-20-28-22-36(38,24(2)3)11-7-32(28)43-33(26)30(37)21-27/h5-6,8,14-15,19-21,23-24,29,46H,1,7,9-13,16-18,22H2,2-4H3,(H,42,45)/b31-6-,39-14?. The van der Waals surface area contributed by atoms with Gasteiger partial charge in [-0.2, -0.15) is 10.2 Å². The van der Waals surface area contributed by atoms with E-state index < -0.39 is 23.0 Å². The lowest BCUT2D eigenvalue weighted by Crippen LogP contribution is -2.44. The molecule has 46 heavy (non-hydrogen) atoms. The lowest BCUT2D eigenvalue weighted by atomic mass is 9.77. The number of aryl methyl sites for hydroxylation is 1. The number of pyridine rings is 1. The second-order valence-corrected chi connectivity index (χ2v) is 13.3. The first kappa shape index (κ1) is 33.5. The molecule has 244 valence electrons. The lowest BCUT2D eigenvalue weighted by Gasteiger charge is -2.36. The van der Waals surface area contributed by atoms with Gasteiger partial charge in [0.1, 0.15) is 17.0 Å². The van der Waals surface area contributed by atoms with Crippen LogP contribution in [0.2, 0.25) is 0 Å². The number of hydrogen-bond donors (Lipinski definition) is 2. The number of likely N-dealkylation sites (tertiary alicyclic amines) is 1. The number of nitrogens with zero attached hydrogens (tertiary/aromatic N) is 5. The number of aromatic nitrogens is 3. The zero-order valence-electron chi connectivity index (χ0n) is 27.0. The average molecular weight is 631 g/mol. The van der Waals surface area contributed by atoms with Crippen LogP contribution >= 0.6 is 0 Å². The molecule has 0 spiro atoms. The molecule has 2 aliphatic rings. The Kier molecular flexibility index (Phi) is 10.4. The summed E-state index contributed by atoms with van der Waals surface area (Å²) in [5.41, 5.74) is 1.35. The van der Waals surface area contributed by atoms with Crippen molar-refractivity contribution in [2.24, 2.45) is 10.9 Å². The van der Waals surface area contributed by atoms with Gasteiger partial charge in [0, 0.05) is 66.9 Å². The molecule has 2 unspecified atom stereocenters. The molecule has 0 bridgehead atoms. The Hall–Kier alpha value is -3.89. The Bertz CT molecular complexity index is 1610. The molecule has 1 aromatic carbocycles. The number of allylic oxidation sites excluding steroid dienone is 2. The van der Waals surface area contributed by atoms with E-state index in [4.69, 9.17) is 0 Å². The maximum atomic E-state index is 15.5. The van der Waals surface area contributed by atoms with E-state index in [1.165, 1.54) is 6.07 Å². The number of benzene rings is 1. The Labute approximate surface area is 269 Å². The fraction of sp³-hybridized carbons (Fsp3) is 0.472. The molecule has 1 amide bonds. The number of halogens is 2. The van der Waals surface area contributed by atoms with E-state index in [0.717, 1.165) is 36.5 Å². The Morgan fingerprint density at radius 1 is 1.20 bits per heavy atom. The van der Waals surface area contributed by atoms with Gasteiger partial charge in [-0.3, -0.25) is 9.79 Å². The van der Waals surface area contributed by atoms with E-state index >= 15 is 8.78 Å². The molecular weight excluding hydrogens is 586 g/mol. The molecule has 3 heterocycles. The minimum absolute atomic E-state index is 0.145. The van der Waals surface area contributed by atoms with Crippen LogP contribution in [0.4, 0.5) is 8.78 Å². The predicted octanol–water partition coefficient (Wildman–Crippen LogP) is 6.04. The van der Waals surface area contributed by atoms with Crippen LogP contribution in [-0.2, 0) is 12.8 Å². The number of nitrogens with one attached hydrogen (secondary N) is 1. The summed E-state index contributed by atoms with van der Waals surface area (Å²) in [5, 5.41) is 21.7. The molecule has 2 atom stereocenters. The second-order valence-electron chi connectivity index (χ2n) is 13.3. The van der Waals surface area contributed by atoms with Crippen molar-refractivity contribution in [2.75, 3.05) is 19.6 Å². The molecule has 2 N–H and O–H groups in total. The third kappa shape index (κ3) is 8.09. The number of aliphatic hydroxyl groups is 1. The van der Waals surface area contributed by atoms with Gasteiger partial charge in [0.05, 0.1) is 23.7 Å². The number of hydrogen-bond acceptors (Lipinski definition) is 7. The summed E-state index contributed by atoms with van der Waals surface area (Å²) in [6.07, 6.45) is 11.9. The van der Waals surface area contributed by atoms with E-state index in [1.807, 2.05) is 20.8 Å². The average Bonchev–Trinajstić information content (AvgIpc) is 3.03. The van der Waals surface area contributed by atoms with Crippen molar-refractivity contribution >= 4 is 28.7 Å². The van der Waals surface area contributed by atoms with E-state index in [-0.39, 0.29) is 29.5 Å². The van der Waals surface area contributed by atoms with Crippen molar-refractivity contribution in [3.05, 3.63) is 83.6 Å². The Balaban J connectivity index is 1.35. The first-order valence-electron chi connectivity index (χ1n) is 16.2. The Morgan fingerprint density at radius 2 is 1.98 bits per heavy atom. The van der Waals surface area contributed by atoms with E-state index in [1.54, 1.807) is 49.0 Å². The van der Waals surface area contributed by atoms with Crippen LogP contribution in [0, 0.1) is 11.7 Å². The Morgan fingerprint density at radius 3 is 2.67 bits per heavy atom. The number of carbonyl (C=O) groups excluding carboxylic acids is 1. The molecule has 3 aromatic rings. The van der Waals surface area contributed by atoms with E-state index in [9.17, 15) is 9.90 Å². The minimum Gasteiger partial charge on any atom is -0.390 e. The molecule has 5 rings (SSSR count). The third-order valence-electron chi connectivity index (χ3n) is 9.44. The van der Waals surface area contributed by atoms with Crippen molar-refractivity contribution in [1.82, 2.24) is 25.4 Å². The number of fused-ring (bicyclic) bond motifs is 2. The lowest BCUT2D eigenvalue weighted by molar-refractivity contribution is -0.00585. The van der Waals surface area contributed by atoms with Crippen LogP contribution in [0.1, 0.15) is 80.1 Å². The van der Waals surface area contributed by atoms with Crippen LogP contribution < -0.4 is 5.32 Å². The fourth-order valence-electron chi connectivity index (χ4n) is 6.21. The summed E-state index contributed by atoms with van der Waals surface area (Å²) in [4.78, 5) is 25.1. The summed E-state index contributed by atoms with van der Waals surface area (Å²) >= 11 is 0. The van der Waals surface area contributed by atoms with Gasteiger partial charge in [-0.15, -0.1) is 0 Å². The second kappa shape index (κ2) is 14.3. The van der Waals surface area contributed by atoms with E-state index in [2.05, 4.69) is 37.0 Å². The third-order valence-corrected chi connectivity index (χ3v) is 9.44. The SMILES string of the molecule is C=C/C=C(\N=CCC(CCN1CCC(C)(O)CC1)NC(=O)c1cc(F)c2nc3c(cc2c1)CC(F)(C(C)C)CC3)c1ccnnc1. The van der Waals surface area contributed by atoms with Gasteiger partial charge in [0.2, 0.25) is 0 Å². The number of rotatable bonds is 11. The summed E-state index contributed by atoms with van der Waals surface area (Å²) in [5.74, 6) is -1.12. The number of carbonyl (C=O) groups is 1. The zero-order valence-corrected chi connectivity index (χ0v) is 27.0. The molecule has 0 saturated carbocycles. The van der Waals surface area contributed by atoms with Crippen molar-refractivity contribution in [3.63, 3.8) is 0 Å². The number of aliphatic imine (C=N–C) groups is 1. The van der Waals surface area contributed by atoms with Crippen molar-refractivity contribution in [1.29, 1.82) is 0 Å². The number of piperidine rings is 1. The van der Waals surface area contributed by atoms with Crippen molar-refractivity contribution in [2.45, 2.75) is 83.0 Å². The zero-order chi connectivity index (χ0) is 32.9. The quantitative estimate of drug-likeness (QED) is 0.198. The van der Waals surface area contributed by atoms with Gasteiger partial charge in [0.15, 0.2) is 0 Å². The van der Waals surface area contributed by atoms with Crippen LogP contribution in [-0.4, -0.2) is 74.3 Å². The monoisotopic (exact) mass is 630 g/mol.